The predicted octanol–water partition coefficient (Wildman–Crippen LogP) is -0.955. The highest BCUT2D eigenvalue weighted by molar-refractivity contribution is 7.89. The van der Waals surface area contributed by atoms with E-state index in [9.17, 15) is 8.42 Å². The van der Waals surface area contributed by atoms with Gasteiger partial charge < -0.3 is 5.11 Å². The fourth-order valence-corrected chi connectivity index (χ4v) is 3.69. The van der Waals surface area contributed by atoms with Gasteiger partial charge in [0.1, 0.15) is 4.90 Å². The highest BCUT2D eigenvalue weighted by Gasteiger charge is 2.27. The van der Waals surface area contributed by atoms with Gasteiger partial charge in [-0.2, -0.15) is 10.3 Å². The standard InChI is InChI=1S/C10H17N7O3S/c1-6-9(8(3)17(13-6)4-5-18)21(19,20)14-7(2)10-11-15-16-12-10/h7,14,18H,4-5H2,1-3H3,(H,11,12,15,16). The molecule has 3 N–H and O–H groups in total. The Morgan fingerprint density at radius 1 is 1.43 bits per heavy atom. The molecule has 10 nitrogen and oxygen atoms in total. The summed E-state index contributed by atoms with van der Waals surface area (Å²) in [4.78, 5) is 0.103. The number of aromatic amines is 1. The van der Waals surface area contributed by atoms with E-state index in [4.69, 9.17) is 5.11 Å². The van der Waals surface area contributed by atoms with Gasteiger partial charge in [-0.1, -0.05) is 5.21 Å². The summed E-state index contributed by atoms with van der Waals surface area (Å²) >= 11 is 0. The lowest BCUT2D eigenvalue weighted by Crippen LogP contribution is -2.28. The number of hydrogen-bond donors (Lipinski definition) is 3. The summed E-state index contributed by atoms with van der Waals surface area (Å²) in [6, 6.07) is -0.631. The van der Waals surface area contributed by atoms with Crippen molar-refractivity contribution in [1.29, 1.82) is 0 Å². The van der Waals surface area contributed by atoms with Crippen LogP contribution in [0.25, 0.3) is 0 Å². The van der Waals surface area contributed by atoms with Gasteiger partial charge in [-0.3, -0.25) is 4.68 Å². The molecule has 0 spiro atoms. The molecule has 11 heteroatoms. The van der Waals surface area contributed by atoms with Crippen molar-refractivity contribution in [3.05, 3.63) is 17.2 Å². The van der Waals surface area contributed by atoms with Crippen LogP contribution >= 0.6 is 0 Å². The van der Waals surface area contributed by atoms with Crippen LogP contribution in [0.2, 0.25) is 0 Å². The van der Waals surface area contributed by atoms with Gasteiger partial charge >= 0.3 is 0 Å². The molecule has 0 saturated heterocycles. The summed E-state index contributed by atoms with van der Waals surface area (Å²) in [7, 11) is -3.78. The number of aryl methyl sites for hydroxylation is 1. The number of rotatable bonds is 6. The second-order valence-corrected chi connectivity index (χ2v) is 6.21. The molecule has 116 valence electrons. The van der Waals surface area contributed by atoms with Crippen LogP contribution in [0.15, 0.2) is 4.90 Å². The van der Waals surface area contributed by atoms with Crippen molar-refractivity contribution in [1.82, 2.24) is 35.1 Å². The monoisotopic (exact) mass is 315 g/mol. The molecule has 0 aromatic carbocycles. The molecule has 0 amide bonds. The Bertz CT molecular complexity index is 707. The van der Waals surface area contributed by atoms with Gasteiger partial charge in [-0.05, 0) is 20.8 Å². The van der Waals surface area contributed by atoms with Crippen LogP contribution in [0, 0.1) is 13.8 Å². The van der Waals surface area contributed by atoms with Crippen molar-refractivity contribution in [2.24, 2.45) is 0 Å². The lowest BCUT2D eigenvalue weighted by molar-refractivity contribution is 0.267. The van der Waals surface area contributed by atoms with E-state index in [2.05, 4.69) is 30.4 Å². The zero-order chi connectivity index (χ0) is 15.6. The number of sulfonamides is 1. The summed E-state index contributed by atoms with van der Waals surface area (Å²) < 4.78 is 28.9. The van der Waals surface area contributed by atoms with Crippen molar-refractivity contribution in [2.45, 2.75) is 38.3 Å². The Hall–Kier alpha value is -1.85. The van der Waals surface area contributed by atoms with Crippen LogP contribution in [0.5, 0.6) is 0 Å². The number of nitrogens with zero attached hydrogens (tertiary/aromatic N) is 5. The Kier molecular flexibility index (Phi) is 4.34. The first-order valence-electron chi connectivity index (χ1n) is 6.27. The molecule has 0 aliphatic carbocycles. The number of aliphatic hydroxyl groups is 1. The second kappa shape index (κ2) is 5.87. The van der Waals surface area contributed by atoms with Crippen LogP contribution in [0.3, 0.4) is 0 Å². The van der Waals surface area contributed by atoms with Crippen LogP contribution in [-0.2, 0) is 16.6 Å². The van der Waals surface area contributed by atoms with Crippen LogP contribution in [-0.4, -0.2) is 50.5 Å². The molecule has 21 heavy (non-hydrogen) atoms. The van der Waals surface area contributed by atoms with E-state index in [0.717, 1.165) is 0 Å². The van der Waals surface area contributed by atoms with Crippen LogP contribution in [0.1, 0.15) is 30.2 Å². The molecule has 1 atom stereocenters. The van der Waals surface area contributed by atoms with Gasteiger partial charge in [0.2, 0.25) is 10.0 Å². The van der Waals surface area contributed by atoms with E-state index in [-0.39, 0.29) is 23.9 Å². The van der Waals surface area contributed by atoms with E-state index in [1.54, 1.807) is 20.8 Å². The molecule has 0 aliphatic heterocycles. The zero-order valence-electron chi connectivity index (χ0n) is 11.9. The van der Waals surface area contributed by atoms with E-state index in [0.29, 0.717) is 11.4 Å². The first kappa shape index (κ1) is 15.5. The molecular formula is C10H17N7O3S. The first-order chi connectivity index (χ1) is 9.86. The minimum Gasteiger partial charge on any atom is -0.394 e. The Morgan fingerprint density at radius 2 is 2.14 bits per heavy atom. The average Bonchev–Trinajstić information content (AvgIpc) is 2.98. The van der Waals surface area contributed by atoms with Crippen molar-refractivity contribution < 1.29 is 13.5 Å². The molecule has 0 aliphatic rings. The second-order valence-electron chi connectivity index (χ2n) is 4.56. The van der Waals surface area contributed by atoms with Crippen molar-refractivity contribution >= 4 is 10.0 Å². The SMILES string of the molecule is Cc1nn(CCO)c(C)c1S(=O)(=O)NC(C)c1nn[nH]n1. The maximum Gasteiger partial charge on any atom is 0.244 e. The number of nitrogens with one attached hydrogen (secondary N) is 2. The van der Waals surface area contributed by atoms with Crippen LogP contribution < -0.4 is 4.72 Å². The number of H-pyrrole nitrogens is 1. The zero-order valence-corrected chi connectivity index (χ0v) is 12.7. The third kappa shape index (κ3) is 3.09. The summed E-state index contributed by atoms with van der Waals surface area (Å²) in [5, 5.41) is 26.2. The molecule has 2 heterocycles. The normalized spacial score (nSPS) is 13.5. The number of tetrazole rings is 1. The first-order valence-corrected chi connectivity index (χ1v) is 7.75. The highest BCUT2D eigenvalue weighted by Crippen LogP contribution is 2.21. The quantitative estimate of drug-likeness (QED) is 0.624. The fourth-order valence-electron chi connectivity index (χ4n) is 2.08. The van der Waals surface area contributed by atoms with Gasteiger partial charge in [-0.25, -0.2) is 13.1 Å². The molecular weight excluding hydrogens is 298 g/mol. The summed E-state index contributed by atoms with van der Waals surface area (Å²) in [6.45, 7) is 4.99. The van der Waals surface area contributed by atoms with E-state index in [1.165, 1.54) is 4.68 Å². The van der Waals surface area contributed by atoms with E-state index >= 15 is 0 Å². The largest absolute Gasteiger partial charge is 0.394 e. The van der Waals surface area contributed by atoms with Gasteiger partial charge in [0.05, 0.1) is 30.6 Å². The van der Waals surface area contributed by atoms with Gasteiger partial charge in [0, 0.05) is 0 Å². The number of hydrogen-bond acceptors (Lipinski definition) is 7. The number of aromatic nitrogens is 6. The minimum atomic E-state index is -3.78. The van der Waals surface area contributed by atoms with E-state index in [1.807, 2.05) is 0 Å². The fraction of sp³-hybridized carbons (Fsp3) is 0.600. The van der Waals surface area contributed by atoms with E-state index < -0.39 is 16.1 Å². The van der Waals surface area contributed by atoms with Gasteiger partial charge in [0.15, 0.2) is 5.82 Å². The Morgan fingerprint density at radius 3 is 2.71 bits per heavy atom. The Labute approximate surface area is 121 Å². The molecule has 2 rings (SSSR count). The van der Waals surface area contributed by atoms with Crippen LogP contribution in [0.4, 0.5) is 0 Å². The third-order valence-electron chi connectivity index (χ3n) is 2.98. The third-order valence-corrected chi connectivity index (χ3v) is 4.77. The molecule has 1 unspecified atom stereocenters. The maximum atomic E-state index is 12.5. The minimum absolute atomic E-state index is 0.103. The summed E-state index contributed by atoms with van der Waals surface area (Å²) in [6.07, 6.45) is 0. The molecule has 0 saturated carbocycles. The topological polar surface area (TPSA) is 139 Å². The molecule has 2 aromatic heterocycles. The maximum absolute atomic E-state index is 12.5. The molecule has 2 aromatic rings. The number of aliphatic hydroxyl groups excluding tert-OH is 1. The molecule has 0 fully saturated rings. The lowest BCUT2D eigenvalue weighted by atomic mass is 10.4. The summed E-state index contributed by atoms with van der Waals surface area (Å²) in [5.74, 6) is 0.247. The lowest BCUT2D eigenvalue weighted by Gasteiger charge is -2.11. The average molecular weight is 315 g/mol. The smallest absolute Gasteiger partial charge is 0.244 e. The molecule has 0 bridgehead atoms. The van der Waals surface area contributed by atoms with Crippen molar-refractivity contribution in [2.75, 3.05) is 6.61 Å². The van der Waals surface area contributed by atoms with Crippen molar-refractivity contribution in [3.8, 4) is 0 Å². The molecule has 0 radical (unpaired) electrons. The van der Waals surface area contributed by atoms with Crippen molar-refractivity contribution in [3.63, 3.8) is 0 Å². The van der Waals surface area contributed by atoms with Gasteiger partial charge in [-0.15, -0.1) is 10.2 Å². The van der Waals surface area contributed by atoms with Gasteiger partial charge in [0.25, 0.3) is 0 Å². The summed E-state index contributed by atoms with van der Waals surface area (Å²) in [5.41, 5.74) is 0.836. The predicted molar refractivity (Wildman–Crippen MR) is 71.7 cm³/mol. The highest BCUT2D eigenvalue weighted by atomic mass is 32.2. The Balaban J connectivity index is 2.32.